The lowest BCUT2D eigenvalue weighted by molar-refractivity contribution is 0.372. The molecule has 2 aromatic rings. The average Bonchev–Trinajstić information content (AvgIpc) is 3.07. The van der Waals surface area contributed by atoms with Crippen molar-refractivity contribution in [1.29, 1.82) is 0 Å². The highest BCUT2D eigenvalue weighted by atomic mass is 32.1. The Morgan fingerprint density at radius 2 is 1.95 bits per heavy atom. The van der Waals surface area contributed by atoms with Crippen molar-refractivity contribution in [3.63, 3.8) is 0 Å². The van der Waals surface area contributed by atoms with Crippen LogP contribution in [-0.4, -0.2) is 15.1 Å². The summed E-state index contributed by atoms with van der Waals surface area (Å²) in [5.41, 5.74) is 6.72. The second kappa shape index (κ2) is 4.63. The molecule has 3 rings (SSSR count). The van der Waals surface area contributed by atoms with Gasteiger partial charge in [-0.2, -0.15) is 4.98 Å². The van der Waals surface area contributed by atoms with E-state index in [-0.39, 0.29) is 5.41 Å². The van der Waals surface area contributed by atoms with Crippen LogP contribution in [0.25, 0.3) is 11.6 Å². The minimum Gasteiger partial charge on any atom is -0.332 e. The quantitative estimate of drug-likeness (QED) is 0.919. The Morgan fingerprint density at radius 3 is 2.55 bits per heavy atom. The monoisotopic (exact) mass is 292 g/mol. The van der Waals surface area contributed by atoms with Gasteiger partial charge < -0.3 is 10.3 Å². The largest absolute Gasteiger partial charge is 0.332 e. The van der Waals surface area contributed by atoms with E-state index < -0.39 is 5.54 Å². The second-order valence-electron chi connectivity index (χ2n) is 6.57. The molecule has 0 aliphatic heterocycles. The highest BCUT2D eigenvalue weighted by molar-refractivity contribution is 7.10. The minimum atomic E-state index is -0.412. The lowest BCUT2D eigenvalue weighted by Crippen LogP contribution is -2.34. The van der Waals surface area contributed by atoms with Gasteiger partial charge in [0.2, 0.25) is 0 Å². The lowest BCUT2D eigenvalue weighted by atomic mass is 9.98. The average molecular weight is 292 g/mol. The minimum absolute atomic E-state index is 0.0340. The second-order valence-corrected chi connectivity index (χ2v) is 7.43. The molecule has 0 spiro atoms. The number of aromatic nitrogens is 3. The van der Waals surface area contributed by atoms with Crippen LogP contribution in [0.4, 0.5) is 0 Å². The smallest absolute Gasteiger partial charge is 0.277 e. The van der Waals surface area contributed by atoms with Crippen LogP contribution in [0.15, 0.2) is 9.90 Å². The summed E-state index contributed by atoms with van der Waals surface area (Å²) in [7, 11) is 0. The number of hydrogen-bond donors (Lipinski definition) is 1. The number of thiazole rings is 1. The molecule has 0 saturated heterocycles. The molecule has 0 aromatic carbocycles. The molecule has 6 heteroatoms. The molecule has 0 unspecified atom stereocenters. The Labute approximate surface area is 122 Å². The van der Waals surface area contributed by atoms with E-state index in [2.05, 4.69) is 35.9 Å². The molecular formula is C14H20N4OS. The zero-order valence-corrected chi connectivity index (χ0v) is 13.0. The molecular weight excluding hydrogens is 272 g/mol. The fourth-order valence-electron chi connectivity index (χ4n) is 2.48. The summed E-state index contributed by atoms with van der Waals surface area (Å²) >= 11 is 1.62. The van der Waals surface area contributed by atoms with Crippen molar-refractivity contribution < 1.29 is 4.52 Å². The third-order valence-electron chi connectivity index (χ3n) is 3.73. The topological polar surface area (TPSA) is 77.8 Å². The van der Waals surface area contributed by atoms with Crippen LogP contribution in [0, 0.1) is 0 Å². The number of nitrogens with two attached hydrogens (primary N) is 1. The van der Waals surface area contributed by atoms with Crippen LogP contribution in [0.5, 0.6) is 0 Å². The van der Waals surface area contributed by atoms with Gasteiger partial charge in [-0.15, -0.1) is 11.3 Å². The van der Waals surface area contributed by atoms with Gasteiger partial charge in [0, 0.05) is 10.8 Å². The van der Waals surface area contributed by atoms with Gasteiger partial charge in [-0.1, -0.05) is 38.8 Å². The van der Waals surface area contributed by atoms with E-state index >= 15 is 0 Å². The van der Waals surface area contributed by atoms with Crippen molar-refractivity contribution in [3.05, 3.63) is 16.2 Å². The Hall–Kier alpha value is -1.27. The first-order valence-electron chi connectivity index (χ1n) is 6.98. The van der Waals surface area contributed by atoms with Crippen molar-refractivity contribution in [2.24, 2.45) is 5.73 Å². The van der Waals surface area contributed by atoms with E-state index in [0.717, 1.165) is 36.4 Å². The van der Waals surface area contributed by atoms with Gasteiger partial charge in [0.25, 0.3) is 5.89 Å². The van der Waals surface area contributed by atoms with Crippen molar-refractivity contribution in [2.75, 3.05) is 0 Å². The van der Waals surface area contributed by atoms with Gasteiger partial charge in [-0.05, 0) is 12.8 Å². The van der Waals surface area contributed by atoms with E-state index in [1.54, 1.807) is 11.3 Å². The maximum atomic E-state index is 6.34. The molecule has 5 nitrogen and oxygen atoms in total. The molecule has 108 valence electrons. The summed E-state index contributed by atoms with van der Waals surface area (Å²) in [5.74, 6) is 1.10. The molecule has 1 saturated carbocycles. The zero-order valence-electron chi connectivity index (χ0n) is 12.1. The molecule has 2 N–H and O–H groups in total. The lowest BCUT2D eigenvalue weighted by Gasteiger charge is -2.17. The van der Waals surface area contributed by atoms with Crippen molar-refractivity contribution >= 4 is 11.3 Å². The predicted molar refractivity (Wildman–Crippen MR) is 78.4 cm³/mol. The maximum Gasteiger partial charge on any atom is 0.277 e. The molecule has 2 heterocycles. The molecule has 2 aromatic heterocycles. The third kappa shape index (κ3) is 2.38. The van der Waals surface area contributed by atoms with Gasteiger partial charge in [0.15, 0.2) is 5.82 Å². The summed E-state index contributed by atoms with van der Waals surface area (Å²) in [4.78, 5) is 9.07. The molecule has 0 bridgehead atoms. The summed E-state index contributed by atoms with van der Waals surface area (Å²) in [6.07, 6.45) is 4.11. The molecule has 20 heavy (non-hydrogen) atoms. The summed E-state index contributed by atoms with van der Waals surface area (Å²) in [6.45, 7) is 6.42. The Morgan fingerprint density at radius 1 is 1.25 bits per heavy atom. The number of rotatable bonds is 2. The molecule has 0 radical (unpaired) electrons. The summed E-state index contributed by atoms with van der Waals surface area (Å²) in [5, 5.41) is 7.10. The van der Waals surface area contributed by atoms with Crippen LogP contribution >= 0.6 is 11.3 Å². The van der Waals surface area contributed by atoms with E-state index in [9.17, 15) is 0 Å². The molecule has 0 amide bonds. The van der Waals surface area contributed by atoms with E-state index in [1.807, 2.05) is 5.38 Å². The molecule has 0 atom stereocenters. The van der Waals surface area contributed by atoms with E-state index in [1.165, 1.54) is 0 Å². The van der Waals surface area contributed by atoms with Crippen LogP contribution in [-0.2, 0) is 11.0 Å². The SMILES string of the molecule is CC(C)(C)c1nc(-c2nc(C3(N)CCCC3)no2)cs1. The molecule has 1 fully saturated rings. The van der Waals surface area contributed by atoms with Gasteiger partial charge in [-0.3, -0.25) is 0 Å². The van der Waals surface area contributed by atoms with Crippen molar-refractivity contribution in [2.45, 2.75) is 57.4 Å². The number of hydrogen-bond acceptors (Lipinski definition) is 6. The van der Waals surface area contributed by atoms with Crippen LogP contribution in [0.1, 0.15) is 57.3 Å². The predicted octanol–water partition coefficient (Wildman–Crippen LogP) is 3.22. The summed E-state index contributed by atoms with van der Waals surface area (Å²) in [6, 6.07) is 0. The normalized spacial score (nSPS) is 18.6. The molecule has 1 aliphatic carbocycles. The van der Waals surface area contributed by atoms with Crippen LogP contribution in [0.2, 0.25) is 0 Å². The van der Waals surface area contributed by atoms with Gasteiger partial charge in [0.1, 0.15) is 5.69 Å². The molecule has 1 aliphatic rings. The Balaban J connectivity index is 1.89. The Kier molecular flexibility index (Phi) is 3.17. The van der Waals surface area contributed by atoms with Gasteiger partial charge in [-0.25, -0.2) is 4.98 Å². The van der Waals surface area contributed by atoms with Crippen molar-refractivity contribution in [1.82, 2.24) is 15.1 Å². The van der Waals surface area contributed by atoms with E-state index in [4.69, 9.17) is 10.3 Å². The van der Waals surface area contributed by atoms with E-state index in [0.29, 0.717) is 11.7 Å². The highest BCUT2D eigenvalue weighted by Crippen LogP contribution is 2.36. The standard InChI is InChI=1S/C14H20N4OS/c1-13(2,3)12-16-9(8-20-12)10-17-11(18-19-10)14(15)6-4-5-7-14/h8H,4-7,15H2,1-3H3. The first kappa shape index (κ1) is 13.7. The van der Waals surface area contributed by atoms with Crippen LogP contribution in [0.3, 0.4) is 0 Å². The first-order valence-corrected chi connectivity index (χ1v) is 7.86. The summed E-state index contributed by atoms with van der Waals surface area (Å²) < 4.78 is 5.36. The first-order chi connectivity index (χ1) is 9.38. The number of nitrogens with zero attached hydrogens (tertiary/aromatic N) is 3. The fraction of sp³-hybridized carbons (Fsp3) is 0.643. The van der Waals surface area contributed by atoms with Crippen LogP contribution < -0.4 is 5.73 Å². The maximum absolute atomic E-state index is 6.34. The van der Waals surface area contributed by atoms with Gasteiger partial charge in [0.05, 0.1) is 10.5 Å². The fourth-order valence-corrected chi connectivity index (χ4v) is 3.36. The highest BCUT2D eigenvalue weighted by Gasteiger charge is 2.36. The zero-order chi connectivity index (χ0) is 14.4. The van der Waals surface area contributed by atoms with Gasteiger partial charge >= 0.3 is 0 Å². The Bertz CT molecular complexity index is 605. The van der Waals surface area contributed by atoms with Crippen molar-refractivity contribution in [3.8, 4) is 11.6 Å². The third-order valence-corrected chi connectivity index (χ3v) is 5.00.